The molecule has 2 heterocycles. The van der Waals surface area contributed by atoms with Crippen molar-refractivity contribution < 1.29 is 18.7 Å². The number of hydrogen-bond donors (Lipinski definition) is 2. The van der Waals surface area contributed by atoms with Crippen LogP contribution in [0.3, 0.4) is 0 Å². The van der Waals surface area contributed by atoms with Gasteiger partial charge in [0.15, 0.2) is 0 Å². The van der Waals surface area contributed by atoms with E-state index in [9.17, 15) is 9.59 Å². The van der Waals surface area contributed by atoms with E-state index in [0.29, 0.717) is 37.6 Å². The number of benzene rings is 1. The number of rotatable bonds is 5. The molecule has 2 amide bonds. The van der Waals surface area contributed by atoms with Crippen LogP contribution in [0.25, 0.3) is 6.08 Å². The van der Waals surface area contributed by atoms with Crippen LogP contribution < -0.4 is 10.7 Å². The van der Waals surface area contributed by atoms with E-state index in [-0.39, 0.29) is 11.6 Å². The van der Waals surface area contributed by atoms with E-state index in [1.165, 1.54) is 12.3 Å². The Bertz CT molecular complexity index is 735. The molecule has 1 aromatic carbocycles. The highest BCUT2D eigenvalue weighted by molar-refractivity contribution is 6.04. The second-order valence-electron chi connectivity index (χ2n) is 5.43. The van der Waals surface area contributed by atoms with E-state index in [2.05, 4.69) is 10.7 Å². The SMILES string of the molecule is O=C(NN1CCOCC1)C(=Cc1ccco1)NC(=O)c1ccccc1. The number of carbonyl (C=O) groups is 2. The minimum Gasteiger partial charge on any atom is -0.465 e. The number of hydrazine groups is 1. The number of nitrogens with one attached hydrogen (secondary N) is 2. The van der Waals surface area contributed by atoms with E-state index >= 15 is 0 Å². The zero-order valence-corrected chi connectivity index (χ0v) is 13.6. The van der Waals surface area contributed by atoms with Crippen molar-refractivity contribution in [1.29, 1.82) is 0 Å². The minimum atomic E-state index is -0.414. The van der Waals surface area contributed by atoms with Crippen LogP contribution >= 0.6 is 0 Å². The van der Waals surface area contributed by atoms with Crippen molar-refractivity contribution in [3.63, 3.8) is 0 Å². The molecule has 0 atom stereocenters. The van der Waals surface area contributed by atoms with Crippen molar-refractivity contribution in [2.24, 2.45) is 0 Å². The van der Waals surface area contributed by atoms with Crippen molar-refractivity contribution in [3.8, 4) is 0 Å². The van der Waals surface area contributed by atoms with E-state index in [0.717, 1.165) is 0 Å². The van der Waals surface area contributed by atoms with Gasteiger partial charge in [0, 0.05) is 24.7 Å². The predicted molar refractivity (Wildman–Crippen MR) is 91.1 cm³/mol. The van der Waals surface area contributed by atoms with Crippen LogP contribution in [0.5, 0.6) is 0 Å². The molecule has 0 aliphatic carbocycles. The third kappa shape index (κ3) is 4.79. The van der Waals surface area contributed by atoms with Crippen molar-refractivity contribution in [1.82, 2.24) is 15.8 Å². The first-order valence-electron chi connectivity index (χ1n) is 7.97. The number of ether oxygens (including phenoxy) is 1. The summed E-state index contributed by atoms with van der Waals surface area (Å²) in [5.41, 5.74) is 3.35. The summed E-state index contributed by atoms with van der Waals surface area (Å²) < 4.78 is 10.5. The first-order valence-corrected chi connectivity index (χ1v) is 7.97. The Morgan fingerprint density at radius 2 is 1.80 bits per heavy atom. The topological polar surface area (TPSA) is 83.8 Å². The normalized spacial score (nSPS) is 15.6. The van der Waals surface area contributed by atoms with Crippen LogP contribution in [0.2, 0.25) is 0 Å². The van der Waals surface area contributed by atoms with Crippen LogP contribution in [-0.4, -0.2) is 43.1 Å². The maximum absolute atomic E-state index is 12.6. The summed E-state index contributed by atoms with van der Waals surface area (Å²) in [6.45, 7) is 2.28. The highest BCUT2D eigenvalue weighted by atomic mass is 16.5. The van der Waals surface area contributed by atoms with E-state index in [1.54, 1.807) is 41.4 Å². The largest absolute Gasteiger partial charge is 0.465 e. The average molecular weight is 341 g/mol. The number of hydrogen-bond acceptors (Lipinski definition) is 5. The molecule has 1 fully saturated rings. The van der Waals surface area contributed by atoms with Crippen molar-refractivity contribution in [3.05, 3.63) is 65.7 Å². The Morgan fingerprint density at radius 1 is 1.04 bits per heavy atom. The molecule has 1 aliphatic rings. The Morgan fingerprint density at radius 3 is 2.48 bits per heavy atom. The molecule has 7 heteroatoms. The predicted octanol–water partition coefficient (Wildman–Crippen LogP) is 1.41. The van der Waals surface area contributed by atoms with Crippen LogP contribution in [0.1, 0.15) is 16.1 Å². The van der Waals surface area contributed by atoms with Gasteiger partial charge in [-0.1, -0.05) is 18.2 Å². The van der Waals surface area contributed by atoms with Gasteiger partial charge in [-0.05, 0) is 24.3 Å². The standard InChI is InChI=1S/C18H19N3O4/c22-17(14-5-2-1-3-6-14)19-16(13-15-7-4-10-25-15)18(23)20-21-8-11-24-12-9-21/h1-7,10,13H,8-9,11-12H2,(H,19,22)(H,20,23). The summed E-state index contributed by atoms with van der Waals surface area (Å²) in [5, 5.41) is 4.41. The number of carbonyl (C=O) groups excluding carboxylic acids is 2. The quantitative estimate of drug-likeness (QED) is 0.804. The smallest absolute Gasteiger partial charge is 0.282 e. The van der Waals surface area contributed by atoms with E-state index in [4.69, 9.17) is 9.15 Å². The van der Waals surface area contributed by atoms with Gasteiger partial charge in [0.1, 0.15) is 11.5 Å². The molecule has 25 heavy (non-hydrogen) atoms. The lowest BCUT2D eigenvalue weighted by atomic mass is 10.2. The lowest BCUT2D eigenvalue weighted by Crippen LogP contribution is -2.50. The Hall–Kier alpha value is -2.90. The zero-order valence-electron chi connectivity index (χ0n) is 13.6. The van der Waals surface area contributed by atoms with Crippen molar-refractivity contribution >= 4 is 17.9 Å². The molecular weight excluding hydrogens is 322 g/mol. The average Bonchev–Trinajstić information content (AvgIpc) is 3.16. The van der Waals surface area contributed by atoms with Gasteiger partial charge in [-0.2, -0.15) is 0 Å². The lowest BCUT2D eigenvalue weighted by molar-refractivity contribution is -0.124. The number of amides is 2. The summed E-state index contributed by atoms with van der Waals surface area (Å²) in [6, 6.07) is 12.1. The van der Waals surface area contributed by atoms with Crippen LogP contribution in [0.15, 0.2) is 58.8 Å². The molecule has 2 aromatic rings. The molecule has 0 spiro atoms. The number of furan rings is 1. The Kier molecular flexibility index (Phi) is 5.61. The summed E-state index contributed by atoms with van der Waals surface area (Å²) in [6.07, 6.45) is 3.00. The van der Waals surface area contributed by atoms with E-state index in [1.807, 2.05) is 6.07 Å². The second kappa shape index (κ2) is 8.27. The molecule has 2 N–H and O–H groups in total. The second-order valence-corrected chi connectivity index (χ2v) is 5.43. The van der Waals surface area contributed by atoms with Crippen molar-refractivity contribution in [2.45, 2.75) is 0 Å². The molecular formula is C18H19N3O4. The minimum absolute atomic E-state index is 0.107. The summed E-state index contributed by atoms with van der Waals surface area (Å²) >= 11 is 0. The molecule has 0 radical (unpaired) electrons. The molecule has 7 nitrogen and oxygen atoms in total. The summed E-state index contributed by atoms with van der Waals surface area (Å²) in [4.78, 5) is 25.0. The molecule has 0 bridgehead atoms. The summed E-state index contributed by atoms with van der Waals surface area (Å²) in [7, 11) is 0. The van der Waals surface area contributed by atoms with Crippen LogP contribution in [-0.2, 0) is 9.53 Å². The third-order valence-electron chi connectivity index (χ3n) is 3.63. The van der Waals surface area contributed by atoms with Gasteiger partial charge in [0.05, 0.1) is 19.5 Å². The third-order valence-corrected chi connectivity index (χ3v) is 3.63. The highest BCUT2D eigenvalue weighted by Crippen LogP contribution is 2.08. The first kappa shape index (κ1) is 16.9. The lowest BCUT2D eigenvalue weighted by Gasteiger charge is -2.27. The zero-order chi connectivity index (χ0) is 17.5. The Labute approximate surface area is 145 Å². The van der Waals surface area contributed by atoms with Gasteiger partial charge < -0.3 is 14.5 Å². The molecule has 1 aromatic heterocycles. The molecule has 130 valence electrons. The maximum Gasteiger partial charge on any atom is 0.282 e. The van der Waals surface area contributed by atoms with Crippen molar-refractivity contribution in [2.75, 3.05) is 26.3 Å². The number of morpholine rings is 1. The molecule has 0 saturated carbocycles. The fourth-order valence-corrected chi connectivity index (χ4v) is 2.34. The highest BCUT2D eigenvalue weighted by Gasteiger charge is 2.19. The van der Waals surface area contributed by atoms with Gasteiger partial charge in [-0.25, -0.2) is 5.01 Å². The summed E-state index contributed by atoms with van der Waals surface area (Å²) in [5.74, 6) is -0.307. The van der Waals surface area contributed by atoms with Gasteiger partial charge in [-0.3, -0.25) is 15.0 Å². The molecule has 0 unspecified atom stereocenters. The fraction of sp³-hybridized carbons (Fsp3) is 0.222. The van der Waals surface area contributed by atoms with Gasteiger partial charge in [0.25, 0.3) is 11.8 Å². The Balaban J connectivity index is 1.75. The number of nitrogens with zero attached hydrogens (tertiary/aromatic N) is 1. The maximum atomic E-state index is 12.6. The van der Waals surface area contributed by atoms with Crippen LogP contribution in [0.4, 0.5) is 0 Å². The first-order chi connectivity index (χ1) is 12.2. The molecule has 3 rings (SSSR count). The van der Waals surface area contributed by atoms with Gasteiger partial charge in [0.2, 0.25) is 0 Å². The monoisotopic (exact) mass is 341 g/mol. The van der Waals surface area contributed by atoms with E-state index < -0.39 is 5.91 Å². The molecule has 1 aliphatic heterocycles. The van der Waals surface area contributed by atoms with Gasteiger partial charge in [-0.15, -0.1) is 0 Å². The fourth-order valence-electron chi connectivity index (χ4n) is 2.34. The molecule has 1 saturated heterocycles. The van der Waals surface area contributed by atoms with Gasteiger partial charge >= 0.3 is 0 Å². The van der Waals surface area contributed by atoms with Crippen LogP contribution in [0, 0.1) is 0 Å².